The van der Waals surface area contributed by atoms with Crippen LogP contribution in [0, 0.1) is 5.92 Å². The summed E-state index contributed by atoms with van der Waals surface area (Å²) in [4.78, 5) is 25.2. The van der Waals surface area contributed by atoms with E-state index in [-0.39, 0.29) is 23.8 Å². The van der Waals surface area contributed by atoms with Crippen molar-refractivity contribution in [1.29, 1.82) is 0 Å². The van der Waals surface area contributed by atoms with Crippen LogP contribution in [0.5, 0.6) is 5.75 Å². The maximum absolute atomic E-state index is 12.6. The molecule has 1 aliphatic rings. The first-order valence-corrected chi connectivity index (χ1v) is 8.48. The van der Waals surface area contributed by atoms with Crippen molar-refractivity contribution in [2.45, 2.75) is 38.8 Å². The number of benzene rings is 1. The summed E-state index contributed by atoms with van der Waals surface area (Å²) in [6, 6.07) is 6.60. The highest BCUT2D eigenvalue weighted by Gasteiger charge is 2.27. The first kappa shape index (κ1) is 18.3. The van der Waals surface area contributed by atoms with Crippen molar-refractivity contribution in [3.05, 3.63) is 29.8 Å². The van der Waals surface area contributed by atoms with E-state index in [4.69, 9.17) is 4.74 Å². The Balaban J connectivity index is 2.04. The van der Waals surface area contributed by atoms with E-state index in [2.05, 4.69) is 16.0 Å². The van der Waals surface area contributed by atoms with Crippen LogP contribution in [0.15, 0.2) is 24.3 Å². The number of nitrogens with one attached hydrogen (secondary N) is 3. The van der Waals surface area contributed by atoms with Gasteiger partial charge in [0, 0.05) is 6.04 Å². The number of methoxy groups -OCH3 is 1. The van der Waals surface area contributed by atoms with E-state index >= 15 is 0 Å². The van der Waals surface area contributed by atoms with Gasteiger partial charge in [-0.3, -0.25) is 9.59 Å². The van der Waals surface area contributed by atoms with Crippen molar-refractivity contribution in [2.24, 2.45) is 5.92 Å². The predicted molar refractivity (Wildman–Crippen MR) is 93.1 cm³/mol. The van der Waals surface area contributed by atoms with Gasteiger partial charge in [0.05, 0.1) is 12.7 Å². The monoisotopic (exact) mass is 333 g/mol. The van der Waals surface area contributed by atoms with Crippen LogP contribution in [0.4, 0.5) is 0 Å². The van der Waals surface area contributed by atoms with Crippen LogP contribution in [0.3, 0.4) is 0 Å². The number of piperidine rings is 1. The SMILES string of the molecule is COc1ccccc1C(=O)NC(C(=O)NC1CCNCC1)C(C)C. The third kappa shape index (κ3) is 4.71. The quantitative estimate of drug-likeness (QED) is 0.733. The van der Waals surface area contributed by atoms with Crippen molar-refractivity contribution in [3.8, 4) is 5.75 Å². The molecule has 6 nitrogen and oxygen atoms in total. The lowest BCUT2D eigenvalue weighted by Gasteiger charge is -2.28. The van der Waals surface area contributed by atoms with Crippen LogP contribution >= 0.6 is 0 Å². The minimum absolute atomic E-state index is 0.00891. The number of hydrogen-bond donors (Lipinski definition) is 3. The number of carbonyl (C=O) groups is 2. The third-order valence-corrected chi connectivity index (χ3v) is 4.27. The predicted octanol–water partition coefficient (Wildman–Crippen LogP) is 1.32. The summed E-state index contributed by atoms with van der Waals surface area (Å²) in [7, 11) is 1.52. The standard InChI is InChI=1S/C18H27N3O3/c1-12(2)16(18(23)20-13-8-10-19-11-9-13)21-17(22)14-6-4-5-7-15(14)24-3/h4-7,12-13,16,19H,8-11H2,1-3H3,(H,20,23)(H,21,22). The average molecular weight is 333 g/mol. The molecule has 1 fully saturated rings. The Morgan fingerprint density at radius 2 is 1.88 bits per heavy atom. The first-order valence-electron chi connectivity index (χ1n) is 8.48. The van der Waals surface area contributed by atoms with Crippen molar-refractivity contribution >= 4 is 11.8 Å². The molecule has 0 radical (unpaired) electrons. The lowest BCUT2D eigenvalue weighted by Crippen LogP contribution is -2.53. The molecule has 1 aromatic rings. The average Bonchev–Trinajstić information content (AvgIpc) is 2.59. The molecule has 1 saturated heterocycles. The Hall–Kier alpha value is -2.08. The summed E-state index contributed by atoms with van der Waals surface area (Å²) >= 11 is 0. The molecule has 24 heavy (non-hydrogen) atoms. The second-order valence-corrected chi connectivity index (χ2v) is 6.43. The summed E-state index contributed by atoms with van der Waals surface area (Å²) in [5.74, 6) is 0.0633. The minimum atomic E-state index is -0.572. The van der Waals surface area contributed by atoms with Gasteiger partial charge in [-0.25, -0.2) is 0 Å². The van der Waals surface area contributed by atoms with Gasteiger partial charge in [0.15, 0.2) is 0 Å². The number of amides is 2. The second kappa shape index (κ2) is 8.68. The molecule has 2 amide bonds. The maximum Gasteiger partial charge on any atom is 0.255 e. The summed E-state index contributed by atoms with van der Waals surface area (Å²) in [6.07, 6.45) is 1.83. The van der Waals surface area contributed by atoms with Crippen LogP contribution in [0.1, 0.15) is 37.0 Å². The summed E-state index contributed by atoms with van der Waals surface area (Å²) < 4.78 is 5.22. The summed E-state index contributed by atoms with van der Waals surface area (Å²) in [5, 5.41) is 9.18. The zero-order valence-electron chi connectivity index (χ0n) is 14.6. The van der Waals surface area contributed by atoms with E-state index in [0.717, 1.165) is 25.9 Å². The van der Waals surface area contributed by atoms with Crippen LogP contribution in [0.2, 0.25) is 0 Å². The molecule has 3 N–H and O–H groups in total. The maximum atomic E-state index is 12.6. The molecule has 6 heteroatoms. The van der Waals surface area contributed by atoms with Gasteiger partial charge >= 0.3 is 0 Å². The number of ether oxygens (including phenoxy) is 1. The van der Waals surface area contributed by atoms with Crippen molar-refractivity contribution in [1.82, 2.24) is 16.0 Å². The molecule has 0 saturated carbocycles. The van der Waals surface area contributed by atoms with Gasteiger partial charge in [0.25, 0.3) is 5.91 Å². The Morgan fingerprint density at radius 1 is 1.21 bits per heavy atom. The van der Waals surface area contributed by atoms with E-state index in [1.165, 1.54) is 7.11 Å². The minimum Gasteiger partial charge on any atom is -0.496 e. The van der Waals surface area contributed by atoms with E-state index in [0.29, 0.717) is 11.3 Å². The lowest BCUT2D eigenvalue weighted by atomic mass is 10.0. The fourth-order valence-electron chi connectivity index (χ4n) is 2.84. The zero-order chi connectivity index (χ0) is 17.5. The smallest absolute Gasteiger partial charge is 0.255 e. The number of carbonyl (C=O) groups excluding carboxylic acids is 2. The normalized spacial score (nSPS) is 16.5. The van der Waals surface area contributed by atoms with Gasteiger partial charge in [0.2, 0.25) is 5.91 Å². The Morgan fingerprint density at radius 3 is 2.50 bits per heavy atom. The summed E-state index contributed by atoms with van der Waals surface area (Å²) in [6.45, 7) is 5.67. The highest BCUT2D eigenvalue weighted by Crippen LogP contribution is 2.17. The fraction of sp³-hybridized carbons (Fsp3) is 0.556. The fourth-order valence-corrected chi connectivity index (χ4v) is 2.84. The molecular formula is C18H27N3O3. The van der Waals surface area contributed by atoms with Gasteiger partial charge in [0.1, 0.15) is 11.8 Å². The highest BCUT2D eigenvalue weighted by atomic mass is 16.5. The molecule has 132 valence electrons. The first-order chi connectivity index (χ1) is 11.5. The molecule has 1 atom stereocenters. The molecule has 1 aromatic carbocycles. The zero-order valence-corrected chi connectivity index (χ0v) is 14.6. The van der Waals surface area contributed by atoms with Gasteiger partial charge in [-0.05, 0) is 44.0 Å². The highest BCUT2D eigenvalue weighted by molar-refractivity contribution is 5.99. The van der Waals surface area contributed by atoms with Gasteiger partial charge < -0.3 is 20.7 Å². The molecule has 0 bridgehead atoms. The van der Waals surface area contributed by atoms with Crippen LogP contribution in [0.25, 0.3) is 0 Å². The van der Waals surface area contributed by atoms with Gasteiger partial charge in [-0.15, -0.1) is 0 Å². The Kier molecular flexibility index (Phi) is 6.61. The van der Waals surface area contributed by atoms with Crippen LogP contribution in [-0.4, -0.2) is 44.1 Å². The topological polar surface area (TPSA) is 79.5 Å². The second-order valence-electron chi connectivity index (χ2n) is 6.43. The van der Waals surface area contributed by atoms with Gasteiger partial charge in [-0.1, -0.05) is 26.0 Å². The van der Waals surface area contributed by atoms with E-state index in [9.17, 15) is 9.59 Å². The van der Waals surface area contributed by atoms with E-state index in [1.807, 2.05) is 13.8 Å². The summed E-state index contributed by atoms with van der Waals surface area (Å²) in [5.41, 5.74) is 0.431. The number of rotatable bonds is 6. The van der Waals surface area contributed by atoms with Crippen LogP contribution in [-0.2, 0) is 4.79 Å². The number of para-hydroxylation sites is 1. The number of hydrogen-bond acceptors (Lipinski definition) is 4. The largest absolute Gasteiger partial charge is 0.496 e. The Labute approximate surface area is 143 Å². The van der Waals surface area contributed by atoms with Crippen molar-refractivity contribution < 1.29 is 14.3 Å². The van der Waals surface area contributed by atoms with E-state index < -0.39 is 6.04 Å². The van der Waals surface area contributed by atoms with E-state index in [1.54, 1.807) is 24.3 Å². The van der Waals surface area contributed by atoms with Gasteiger partial charge in [-0.2, -0.15) is 0 Å². The Bertz CT molecular complexity index is 568. The van der Waals surface area contributed by atoms with Crippen LogP contribution < -0.4 is 20.7 Å². The lowest BCUT2D eigenvalue weighted by molar-refractivity contribution is -0.124. The molecule has 1 heterocycles. The molecule has 1 unspecified atom stereocenters. The third-order valence-electron chi connectivity index (χ3n) is 4.27. The molecule has 1 aliphatic heterocycles. The molecule has 2 rings (SSSR count). The molecule has 0 aromatic heterocycles. The van der Waals surface area contributed by atoms with Crippen molar-refractivity contribution in [2.75, 3.05) is 20.2 Å². The molecule has 0 aliphatic carbocycles. The molecule has 0 spiro atoms. The van der Waals surface area contributed by atoms with Crippen molar-refractivity contribution in [3.63, 3.8) is 0 Å². The molecular weight excluding hydrogens is 306 g/mol.